The Bertz CT molecular complexity index is 1160. The molecule has 0 radical (unpaired) electrons. The van der Waals surface area contributed by atoms with Crippen molar-refractivity contribution in [3.05, 3.63) is 90.9 Å². The van der Waals surface area contributed by atoms with Gasteiger partial charge in [0.15, 0.2) is 0 Å². The van der Waals surface area contributed by atoms with Crippen molar-refractivity contribution in [1.82, 2.24) is 20.1 Å². The van der Waals surface area contributed by atoms with E-state index in [0.717, 1.165) is 33.6 Å². The van der Waals surface area contributed by atoms with Crippen LogP contribution in [0.25, 0.3) is 22.4 Å². The van der Waals surface area contributed by atoms with E-state index in [0.29, 0.717) is 26.1 Å². The third-order valence-electron chi connectivity index (χ3n) is 5.19. The molecule has 4 rings (SSSR count). The molecule has 2 heterocycles. The number of hydrogen-bond acceptors (Lipinski definition) is 4. The Morgan fingerprint density at radius 2 is 1.84 bits per heavy atom. The van der Waals surface area contributed by atoms with Gasteiger partial charge < -0.3 is 10.6 Å². The van der Waals surface area contributed by atoms with Crippen LogP contribution in [0, 0.1) is 0 Å². The normalized spacial score (nSPS) is 10.7. The monoisotopic (exact) mass is 425 g/mol. The Kier molecular flexibility index (Phi) is 6.92. The number of carbonyl (C=O) groups excluding carboxylic acids is 1. The van der Waals surface area contributed by atoms with E-state index in [2.05, 4.69) is 45.9 Å². The van der Waals surface area contributed by atoms with Gasteiger partial charge in [0, 0.05) is 49.4 Å². The van der Waals surface area contributed by atoms with Gasteiger partial charge in [-0.2, -0.15) is 5.10 Å². The number of amides is 1. The van der Waals surface area contributed by atoms with Crippen LogP contribution in [-0.4, -0.2) is 33.8 Å². The first-order valence-corrected chi connectivity index (χ1v) is 10.9. The molecule has 2 aromatic heterocycles. The highest BCUT2D eigenvalue weighted by Crippen LogP contribution is 2.32. The van der Waals surface area contributed by atoms with E-state index >= 15 is 0 Å². The van der Waals surface area contributed by atoms with Gasteiger partial charge in [0.25, 0.3) is 0 Å². The summed E-state index contributed by atoms with van der Waals surface area (Å²) in [4.78, 5) is 15.7. The summed E-state index contributed by atoms with van der Waals surface area (Å²) in [5.41, 5.74) is 6.30. The summed E-state index contributed by atoms with van der Waals surface area (Å²) in [6.07, 6.45) is 6.11. The van der Waals surface area contributed by atoms with Gasteiger partial charge in [-0.3, -0.25) is 14.5 Å². The van der Waals surface area contributed by atoms with Gasteiger partial charge in [0.05, 0.1) is 12.2 Å². The number of benzene rings is 2. The van der Waals surface area contributed by atoms with E-state index in [1.807, 2.05) is 60.4 Å². The molecule has 162 valence electrons. The van der Waals surface area contributed by atoms with Crippen molar-refractivity contribution in [1.29, 1.82) is 0 Å². The summed E-state index contributed by atoms with van der Waals surface area (Å²) in [6, 6.07) is 22.7. The van der Waals surface area contributed by atoms with Gasteiger partial charge in [-0.25, -0.2) is 0 Å². The highest BCUT2D eigenvalue weighted by Gasteiger charge is 2.11. The van der Waals surface area contributed by atoms with Crippen molar-refractivity contribution in [2.75, 3.05) is 18.4 Å². The number of carbonyl (C=O) groups is 1. The first-order chi connectivity index (χ1) is 15.7. The van der Waals surface area contributed by atoms with Gasteiger partial charge in [0.2, 0.25) is 5.91 Å². The number of hydrogen-bond donors (Lipinski definition) is 2. The fourth-order valence-corrected chi connectivity index (χ4v) is 3.52. The van der Waals surface area contributed by atoms with Crippen LogP contribution in [-0.2, 0) is 11.3 Å². The van der Waals surface area contributed by atoms with E-state index in [4.69, 9.17) is 5.10 Å². The standard InChI is InChI=1S/C26H27N5O/c1-2-26(32)29-15-14-28-24-11-10-22(21-8-4-3-5-9-21)17-23(24)25-12-16-31(30-25)19-20-7-6-13-27-18-20/h3-13,16-18,28H,2,14-15,19H2,1H3,(H,29,32). The van der Waals surface area contributed by atoms with Crippen LogP contribution in [0.15, 0.2) is 85.3 Å². The van der Waals surface area contributed by atoms with Gasteiger partial charge in [0.1, 0.15) is 0 Å². The summed E-state index contributed by atoms with van der Waals surface area (Å²) >= 11 is 0. The zero-order valence-corrected chi connectivity index (χ0v) is 18.2. The highest BCUT2D eigenvalue weighted by molar-refractivity contribution is 5.81. The number of pyridine rings is 1. The summed E-state index contributed by atoms with van der Waals surface area (Å²) in [5.74, 6) is 0.0561. The summed E-state index contributed by atoms with van der Waals surface area (Å²) in [6.45, 7) is 3.73. The Morgan fingerprint density at radius 3 is 2.62 bits per heavy atom. The van der Waals surface area contributed by atoms with Crippen LogP contribution < -0.4 is 10.6 Å². The molecule has 0 aliphatic rings. The predicted octanol–water partition coefficient (Wildman–Crippen LogP) is 4.60. The van der Waals surface area contributed by atoms with Crippen LogP contribution in [0.1, 0.15) is 18.9 Å². The van der Waals surface area contributed by atoms with Crippen molar-refractivity contribution in [3.8, 4) is 22.4 Å². The zero-order chi connectivity index (χ0) is 22.2. The third-order valence-corrected chi connectivity index (χ3v) is 5.19. The van der Waals surface area contributed by atoms with Crippen molar-refractivity contribution < 1.29 is 4.79 Å². The Morgan fingerprint density at radius 1 is 0.969 bits per heavy atom. The second kappa shape index (κ2) is 10.4. The second-order valence-corrected chi connectivity index (χ2v) is 7.52. The van der Waals surface area contributed by atoms with Gasteiger partial charge in [-0.05, 0) is 41.0 Å². The Labute approximate surface area is 188 Å². The van der Waals surface area contributed by atoms with Crippen molar-refractivity contribution in [2.24, 2.45) is 0 Å². The number of nitrogens with zero attached hydrogens (tertiary/aromatic N) is 3. The first kappa shape index (κ1) is 21.3. The van der Waals surface area contributed by atoms with Crippen LogP contribution in [0.2, 0.25) is 0 Å². The summed E-state index contributed by atoms with van der Waals surface area (Å²) in [7, 11) is 0. The lowest BCUT2D eigenvalue weighted by atomic mass is 10.00. The molecule has 1 amide bonds. The van der Waals surface area contributed by atoms with E-state index in [1.54, 1.807) is 6.20 Å². The fourth-order valence-electron chi connectivity index (χ4n) is 3.52. The van der Waals surface area contributed by atoms with E-state index < -0.39 is 0 Å². The quantitative estimate of drug-likeness (QED) is 0.385. The lowest BCUT2D eigenvalue weighted by Gasteiger charge is -2.13. The molecule has 0 saturated heterocycles. The predicted molar refractivity (Wildman–Crippen MR) is 128 cm³/mol. The molecule has 0 fully saturated rings. The van der Waals surface area contributed by atoms with Gasteiger partial charge >= 0.3 is 0 Å². The van der Waals surface area contributed by atoms with Crippen molar-refractivity contribution >= 4 is 11.6 Å². The van der Waals surface area contributed by atoms with Crippen molar-refractivity contribution in [2.45, 2.75) is 19.9 Å². The lowest BCUT2D eigenvalue weighted by molar-refractivity contribution is -0.120. The zero-order valence-electron chi connectivity index (χ0n) is 18.2. The summed E-state index contributed by atoms with van der Waals surface area (Å²) in [5, 5.41) is 11.2. The number of anilines is 1. The topological polar surface area (TPSA) is 71.8 Å². The van der Waals surface area contributed by atoms with Crippen LogP contribution in [0.3, 0.4) is 0 Å². The molecule has 0 bridgehead atoms. The molecule has 0 unspecified atom stereocenters. The maximum absolute atomic E-state index is 11.5. The van der Waals surface area contributed by atoms with Crippen LogP contribution in [0.5, 0.6) is 0 Å². The summed E-state index contributed by atoms with van der Waals surface area (Å²) < 4.78 is 1.92. The average Bonchev–Trinajstić information content (AvgIpc) is 3.31. The van der Waals surface area contributed by atoms with E-state index in [1.165, 1.54) is 0 Å². The molecular formula is C26H27N5O. The molecule has 0 aliphatic carbocycles. The molecule has 0 saturated carbocycles. The largest absolute Gasteiger partial charge is 0.383 e. The van der Waals surface area contributed by atoms with Gasteiger partial charge in [-0.1, -0.05) is 49.4 Å². The molecule has 0 atom stereocenters. The Hall–Kier alpha value is -3.93. The molecule has 6 heteroatoms. The number of rotatable bonds is 9. The maximum Gasteiger partial charge on any atom is 0.219 e. The maximum atomic E-state index is 11.5. The molecule has 6 nitrogen and oxygen atoms in total. The highest BCUT2D eigenvalue weighted by atomic mass is 16.1. The number of aromatic nitrogens is 3. The van der Waals surface area contributed by atoms with Crippen LogP contribution in [0.4, 0.5) is 5.69 Å². The van der Waals surface area contributed by atoms with Gasteiger partial charge in [-0.15, -0.1) is 0 Å². The Balaban J connectivity index is 1.59. The molecular weight excluding hydrogens is 398 g/mol. The van der Waals surface area contributed by atoms with E-state index in [-0.39, 0.29) is 5.91 Å². The van der Waals surface area contributed by atoms with Crippen molar-refractivity contribution in [3.63, 3.8) is 0 Å². The molecule has 0 spiro atoms. The second-order valence-electron chi connectivity index (χ2n) is 7.52. The minimum Gasteiger partial charge on any atom is -0.383 e. The lowest BCUT2D eigenvalue weighted by Crippen LogP contribution is -2.28. The molecule has 4 aromatic rings. The number of nitrogens with one attached hydrogen (secondary N) is 2. The smallest absolute Gasteiger partial charge is 0.219 e. The molecule has 2 N–H and O–H groups in total. The van der Waals surface area contributed by atoms with E-state index in [9.17, 15) is 4.79 Å². The fraction of sp³-hybridized carbons (Fsp3) is 0.192. The van der Waals surface area contributed by atoms with Crippen LogP contribution >= 0.6 is 0 Å². The first-order valence-electron chi connectivity index (χ1n) is 10.9. The minimum atomic E-state index is 0.0561. The average molecular weight is 426 g/mol. The molecule has 0 aliphatic heterocycles. The molecule has 32 heavy (non-hydrogen) atoms. The molecule has 2 aromatic carbocycles. The minimum absolute atomic E-state index is 0.0561. The SMILES string of the molecule is CCC(=O)NCCNc1ccc(-c2ccccc2)cc1-c1ccn(Cc2cccnc2)n1. The third kappa shape index (κ3) is 5.40.